The van der Waals surface area contributed by atoms with Crippen LogP contribution in [0.5, 0.6) is 0 Å². The van der Waals surface area contributed by atoms with Gasteiger partial charge in [-0.05, 0) is 106 Å². The van der Waals surface area contributed by atoms with E-state index in [1.807, 2.05) is 80.8 Å². The molecule has 0 saturated heterocycles. The summed E-state index contributed by atoms with van der Waals surface area (Å²) < 4.78 is 5.51. The minimum atomic E-state index is -0.868. The Balaban J connectivity index is 1.73. The lowest BCUT2D eigenvalue weighted by Gasteiger charge is -2.44. The maximum absolute atomic E-state index is 14.5. The fourth-order valence-electron chi connectivity index (χ4n) is 5.33. The fraction of sp³-hybridized carbons (Fsp3) is 0.441. The van der Waals surface area contributed by atoms with Gasteiger partial charge >= 0.3 is 6.09 Å². The van der Waals surface area contributed by atoms with Crippen molar-refractivity contribution in [3.05, 3.63) is 77.4 Å². The first-order chi connectivity index (χ1) is 20.0. The standard InChI is InChI=1S/C34H43N3O4S/c1-22-14-17-28(23(2)20-22)30(31(38)35-26-16-15-24-10-7-8-11-25(24)21-26)37(27-12-9-13-27)32(39)29(18-19-42-6)36-33(40)41-34(3,4)5/h7-8,10-11,14-17,20-21,27,29-30H,9,12-13,18-19H2,1-6H3,(H,35,38)(H,36,40). The first-order valence-electron chi connectivity index (χ1n) is 14.6. The summed E-state index contributed by atoms with van der Waals surface area (Å²) in [6, 6.07) is 18.0. The summed E-state index contributed by atoms with van der Waals surface area (Å²) in [4.78, 5) is 43.3. The van der Waals surface area contributed by atoms with E-state index < -0.39 is 23.8 Å². The highest BCUT2D eigenvalue weighted by molar-refractivity contribution is 7.98. The first-order valence-corrected chi connectivity index (χ1v) is 16.0. The molecule has 2 N–H and O–H groups in total. The molecular formula is C34H43N3O4S. The predicted molar refractivity (Wildman–Crippen MR) is 172 cm³/mol. The average Bonchev–Trinajstić information content (AvgIpc) is 2.89. The number of carbonyl (C=O) groups excluding carboxylic acids is 3. The van der Waals surface area contributed by atoms with Crippen molar-refractivity contribution in [2.24, 2.45) is 0 Å². The lowest BCUT2D eigenvalue weighted by Crippen LogP contribution is -2.57. The number of nitrogens with one attached hydrogen (secondary N) is 2. The molecule has 3 aromatic rings. The van der Waals surface area contributed by atoms with Gasteiger partial charge in [-0.15, -0.1) is 0 Å². The van der Waals surface area contributed by atoms with E-state index in [1.165, 1.54) is 0 Å². The van der Waals surface area contributed by atoms with E-state index in [0.717, 1.165) is 46.7 Å². The van der Waals surface area contributed by atoms with Gasteiger partial charge in [0.25, 0.3) is 5.91 Å². The van der Waals surface area contributed by atoms with Crippen LogP contribution in [0.2, 0.25) is 0 Å². The summed E-state index contributed by atoms with van der Waals surface area (Å²) in [5.41, 5.74) is 2.76. The zero-order valence-corrected chi connectivity index (χ0v) is 26.3. The molecule has 1 fully saturated rings. The molecule has 0 aromatic heterocycles. The van der Waals surface area contributed by atoms with Crippen LogP contribution in [0.15, 0.2) is 60.7 Å². The maximum atomic E-state index is 14.5. The van der Waals surface area contributed by atoms with Crippen molar-refractivity contribution < 1.29 is 19.1 Å². The molecule has 3 amide bonds. The molecule has 0 bridgehead atoms. The molecule has 8 heteroatoms. The van der Waals surface area contributed by atoms with Gasteiger partial charge in [-0.2, -0.15) is 11.8 Å². The number of alkyl carbamates (subject to hydrolysis) is 1. The smallest absolute Gasteiger partial charge is 0.408 e. The Morgan fingerprint density at radius 2 is 1.71 bits per heavy atom. The number of hydrogen-bond donors (Lipinski definition) is 2. The molecule has 0 heterocycles. The van der Waals surface area contributed by atoms with Crippen molar-refractivity contribution in [1.29, 1.82) is 0 Å². The SMILES string of the molecule is CSCCC(NC(=O)OC(C)(C)C)C(=O)N(C1CCC1)C(C(=O)Nc1ccc2ccccc2c1)c1ccc(C)cc1C. The highest BCUT2D eigenvalue weighted by Gasteiger charge is 2.42. The van der Waals surface area contributed by atoms with Crippen molar-refractivity contribution in [3.63, 3.8) is 0 Å². The van der Waals surface area contributed by atoms with Gasteiger partial charge in [0.05, 0.1) is 0 Å². The number of anilines is 1. The van der Waals surface area contributed by atoms with Crippen LogP contribution in [-0.2, 0) is 14.3 Å². The summed E-state index contributed by atoms with van der Waals surface area (Å²) in [6.07, 6.45) is 4.34. The van der Waals surface area contributed by atoms with E-state index in [1.54, 1.807) is 37.4 Å². The van der Waals surface area contributed by atoms with Gasteiger partial charge in [0.1, 0.15) is 17.7 Å². The third-order valence-corrected chi connectivity index (χ3v) is 8.23. The number of amides is 3. The van der Waals surface area contributed by atoms with Crippen LogP contribution in [0, 0.1) is 13.8 Å². The second-order valence-electron chi connectivity index (χ2n) is 12.1. The van der Waals surface area contributed by atoms with Crippen LogP contribution in [0.1, 0.15) is 69.2 Å². The van der Waals surface area contributed by atoms with E-state index in [0.29, 0.717) is 17.9 Å². The Morgan fingerprint density at radius 3 is 2.33 bits per heavy atom. The lowest BCUT2D eigenvalue weighted by molar-refractivity contribution is -0.145. The molecule has 0 radical (unpaired) electrons. The van der Waals surface area contributed by atoms with Crippen molar-refractivity contribution in [2.45, 2.75) is 84.0 Å². The zero-order valence-electron chi connectivity index (χ0n) is 25.5. The maximum Gasteiger partial charge on any atom is 0.408 e. The predicted octanol–water partition coefficient (Wildman–Crippen LogP) is 7.16. The minimum Gasteiger partial charge on any atom is -0.444 e. The Morgan fingerprint density at radius 1 is 1.00 bits per heavy atom. The second kappa shape index (κ2) is 13.6. The Hall–Kier alpha value is -3.52. The summed E-state index contributed by atoms with van der Waals surface area (Å²) in [7, 11) is 0. The number of benzene rings is 3. The largest absolute Gasteiger partial charge is 0.444 e. The fourth-order valence-corrected chi connectivity index (χ4v) is 5.80. The summed E-state index contributed by atoms with van der Waals surface area (Å²) in [5, 5.41) is 8.05. The van der Waals surface area contributed by atoms with Crippen molar-refractivity contribution in [3.8, 4) is 0 Å². The van der Waals surface area contributed by atoms with Gasteiger partial charge in [-0.25, -0.2) is 4.79 Å². The zero-order chi connectivity index (χ0) is 30.4. The van der Waals surface area contributed by atoms with Crippen molar-refractivity contribution >= 4 is 46.1 Å². The van der Waals surface area contributed by atoms with Crippen LogP contribution >= 0.6 is 11.8 Å². The number of ether oxygens (including phenoxy) is 1. The second-order valence-corrected chi connectivity index (χ2v) is 13.1. The molecule has 7 nitrogen and oxygen atoms in total. The first kappa shape index (κ1) is 31.4. The lowest BCUT2D eigenvalue weighted by atomic mass is 9.87. The molecule has 2 atom stereocenters. The number of nitrogens with zero attached hydrogens (tertiary/aromatic N) is 1. The van der Waals surface area contributed by atoms with Crippen LogP contribution in [0.4, 0.5) is 10.5 Å². The molecular weight excluding hydrogens is 546 g/mol. The summed E-state index contributed by atoms with van der Waals surface area (Å²) in [5.74, 6) is 0.124. The molecule has 2 unspecified atom stereocenters. The monoisotopic (exact) mass is 589 g/mol. The van der Waals surface area contributed by atoms with Gasteiger partial charge < -0.3 is 20.3 Å². The van der Waals surface area contributed by atoms with E-state index in [-0.39, 0.29) is 17.9 Å². The third kappa shape index (κ3) is 7.85. The number of hydrogen-bond acceptors (Lipinski definition) is 5. The molecule has 3 aromatic carbocycles. The topological polar surface area (TPSA) is 87.7 Å². The molecule has 42 heavy (non-hydrogen) atoms. The molecule has 1 aliphatic carbocycles. The number of rotatable bonds is 10. The van der Waals surface area contributed by atoms with Crippen molar-refractivity contribution in [2.75, 3.05) is 17.3 Å². The number of carbonyl (C=O) groups is 3. The molecule has 0 spiro atoms. The number of fused-ring (bicyclic) bond motifs is 1. The molecule has 0 aliphatic heterocycles. The van der Waals surface area contributed by atoms with E-state index in [9.17, 15) is 14.4 Å². The van der Waals surface area contributed by atoms with Gasteiger partial charge in [0, 0.05) is 11.7 Å². The Bertz CT molecular complexity index is 1430. The molecule has 1 saturated carbocycles. The van der Waals surface area contributed by atoms with Crippen molar-refractivity contribution in [1.82, 2.24) is 10.2 Å². The molecule has 1 aliphatic rings. The van der Waals surface area contributed by atoms with Gasteiger partial charge in [0.15, 0.2) is 0 Å². The number of thioether (sulfide) groups is 1. The highest BCUT2D eigenvalue weighted by atomic mass is 32.2. The normalized spacial score (nSPS) is 14.9. The van der Waals surface area contributed by atoms with E-state index in [4.69, 9.17) is 4.74 Å². The highest BCUT2D eigenvalue weighted by Crippen LogP contribution is 2.36. The summed E-state index contributed by atoms with van der Waals surface area (Å²) in [6.45, 7) is 9.36. The van der Waals surface area contributed by atoms with E-state index in [2.05, 4.69) is 10.6 Å². The average molecular weight is 590 g/mol. The van der Waals surface area contributed by atoms with E-state index >= 15 is 0 Å². The quantitative estimate of drug-likeness (QED) is 0.262. The van der Waals surface area contributed by atoms with Crippen LogP contribution in [-0.4, -0.2) is 52.5 Å². The van der Waals surface area contributed by atoms with Gasteiger partial charge in [-0.3, -0.25) is 9.59 Å². The van der Waals surface area contributed by atoms with Gasteiger partial charge in [0.2, 0.25) is 5.91 Å². The molecule has 224 valence electrons. The summed E-state index contributed by atoms with van der Waals surface area (Å²) >= 11 is 1.60. The van der Waals surface area contributed by atoms with Crippen LogP contribution in [0.3, 0.4) is 0 Å². The number of aryl methyl sites for hydroxylation is 2. The van der Waals surface area contributed by atoms with Crippen LogP contribution in [0.25, 0.3) is 10.8 Å². The van der Waals surface area contributed by atoms with Crippen LogP contribution < -0.4 is 10.6 Å². The minimum absolute atomic E-state index is 0.109. The third-order valence-electron chi connectivity index (χ3n) is 7.59. The molecule has 4 rings (SSSR count). The Kier molecular flexibility index (Phi) is 10.2. The Labute approximate surface area is 253 Å². The van der Waals surface area contributed by atoms with Gasteiger partial charge in [-0.1, -0.05) is 54.1 Å².